The predicted octanol–water partition coefficient (Wildman–Crippen LogP) is 3.54. The fourth-order valence-electron chi connectivity index (χ4n) is 6.01. The maximum atomic E-state index is 12.6. The number of carbonyl (C=O) groups excluding carboxylic acids is 1. The predicted molar refractivity (Wildman–Crippen MR) is 112 cm³/mol. The molecule has 170 valence electrons. The quantitative estimate of drug-likeness (QED) is 0.687. The van der Waals surface area contributed by atoms with Crippen LogP contribution in [0, 0.1) is 11.3 Å². The first-order chi connectivity index (χ1) is 15.0. The second kappa shape index (κ2) is 8.66. The van der Waals surface area contributed by atoms with Gasteiger partial charge >= 0.3 is 0 Å². The summed E-state index contributed by atoms with van der Waals surface area (Å²) >= 11 is 0. The summed E-state index contributed by atoms with van der Waals surface area (Å²) < 4.78 is 35.7. The van der Waals surface area contributed by atoms with E-state index in [9.17, 15) is 13.6 Å². The van der Waals surface area contributed by atoms with Crippen molar-refractivity contribution in [2.45, 2.75) is 50.5 Å². The van der Waals surface area contributed by atoms with E-state index < -0.39 is 13.0 Å². The van der Waals surface area contributed by atoms with Crippen molar-refractivity contribution in [3.05, 3.63) is 29.8 Å². The van der Waals surface area contributed by atoms with Crippen LogP contribution in [-0.2, 0) is 9.53 Å². The standard InChI is InChI=1S/C24H32F2N2O3/c25-22(26)14-31-21-4-2-1-3-20(21)17-6-9-27(10-7-17)19-5-8-24(11-19)15-28(16-24)23(29)18-12-30-13-18/h1-4,17-19,22H,5-16H2/t19-/m1/s1. The van der Waals surface area contributed by atoms with E-state index in [-0.39, 0.29) is 11.8 Å². The number of halogens is 2. The number of carbonyl (C=O) groups is 1. The Morgan fingerprint density at radius 3 is 2.58 bits per heavy atom. The molecule has 4 aliphatic rings. The lowest BCUT2D eigenvalue weighted by Crippen LogP contribution is -2.61. The highest BCUT2D eigenvalue weighted by Crippen LogP contribution is 2.48. The molecule has 1 amide bonds. The first-order valence-electron chi connectivity index (χ1n) is 11.6. The minimum absolute atomic E-state index is 0.0983. The third-order valence-corrected chi connectivity index (χ3v) is 7.80. The Hall–Kier alpha value is -1.73. The van der Waals surface area contributed by atoms with Crippen molar-refractivity contribution in [1.29, 1.82) is 0 Å². The molecule has 0 radical (unpaired) electrons. The lowest BCUT2D eigenvalue weighted by Gasteiger charge is -2.50. The SMILES string of the molecule is O=C(C1COC1)N1CC2(CC[C@@H](N3CCC(c4ccccc4OCC(F)F)CC3)C2)C1. The first-order valence-corrected chi connectivity index (χ1v) is 11.6. The van der Waals surface area contributed by atoms with Crippen LogP contribution < -0.4 is 4.74 Å². The van der Waals surface area contributed by atoms with Crippen molar-refractivity contribution < 1.29 is 23.0 Å². The van der Waals surface area contributed by atoms with Gasteiger partial charge in [0.1, 0.15) is 12.4 Å². The number of para-hydroxylation sites is 1. The second-order valence-electron chi connectivity index (χ2n) is 9.88. The molecule has 3 saturated heterocycles. The van der Waals surface area contributed by atoms with Crippen LogP contribution in [0.3, 0.4) is 0 Å². The molecule has 0 aromatic heterocycles. The average Bonchev–Trinajstić information content (AvgIpc) is 3.16. The lowest BCUT2D eigenvalue weighted by molar-refractivity contribution is -0.161. The Morgan fingerprint density at radius 2 is 1.90 bits per heavy atom. The Kier molecular flexibility index (Phi) is 5.90. The summed E-state index contributed by atoms with van der Waals surface area (Å²) in [5.41, 5.74) is 1.40. The van der Waals surface area contributed by atoms with Crippen LogP contribution >= 0.6 is 0 Å². The van der Waals surface area contributed by atoms with Gasteiger partial charge in [-0.1, -0.05) is 18.2 Å². The molecule has 1 atom stereocenters. The third-order valence-electron chi connectivity index (χ3n) is 7.80. The molecule has 7 heteroatoms. The van der Waals surface area contributed by atoms with Gasteiger partial charge in [0.05, 0.1) is 19.1 Å². The molecule has 31 heavy (non-hydrogen) atoms. The van der Waals surface area contributed by atoms with Gasteiger partial charge in [0.25, 0.3) is 6.43 Å². The van der Waals surface area contributed by atoms with Crippen LogP contribution in [-0.4, -0.2) is 74.2 Å². The molecule has 3 heterocycles. The summed E-state index contributed by atoms with van der Waals surface area (Å²) in [6.45, 7) is 4.56. The molecular formula is C24H32F2N2O3. The Labute approximate surface area is 182 Å². The second-order valence-corrected chi connectivity index (χ2v) is 9.88. The average molecular weight is 435 g/mol. The summed E-state index contributed by atoms with van der Waals surface area (Å²) in [7, 11) is 0. The van der Waals surface area contributed by atoms with E-state index in [1.165, 1.54) is 19.3 Å². The van der Waals surface area contributed by atoms with Gasteiger partial charge < -0.3 is 19.3 Å². The monoisotopic (exact) mass is 434 g/mol. The largest absolute Gasteiger partial charge is 0.487 e. The van der Waals surface area contributed by atoms with Gasteiger partial charge in [-0.2, -0.15) is 0 Å². The third kappa shape index (κ3) is 4.31. The van der Waals surface area contributed by atoms with Crippen molar-refractivity contribution in [3.8, 4) is 5.75 Å². The zero-order valence-electron chi connectivity index (χ0n) is 18.0. The number of piperidine rings is 1. The number of ether oxygens (including phenoxy) is 2. The van der Waals surface area contributed by atoms with Crippen molar-refractivity contribution in [2.75, 3.05) is 46.0 Å². The Balaban J connectivity index is 1.12. The molecule has 0 bridgehead atoms. The van der Waals surface area contributed by atoms with Gasteiger partial charge in [-0.05, 0) is 62.7 Å². The van der Waals surface area contributed by atoms with E-state index in [0.29, 0.717) is 36.3 Å². The molecule has 0 unspecified atom stereocenters. The van der Waals surface area contributed by atoms with Gasteiger partial charge in [0.15, 0.2) is 0 Å². The van der Waals surface area contributed by atoms with E-state index in [1.54, 1.807) is 0 Å². The first kappa shape index (κ1) is 21.1. The fourth-order valence-corrected chi connectivity index (χ4v) is 6.01. The maximum Gasteiger partial charge on any atom is 0.272 e. The normalized spacial score (nSPS) is 26.8. The van der Waals surface area contributed by atoms with Crippen molar-refractivity contribution in [1.82, 2.24) is 9.80 Å². The summed E-state index contributed by atoms with van der Waals surface area (Å²) in [5.74, 6) is 1.36. The van der Waals surface area contributed by atoms with E-state index in [1.807, 2.05) is 29.2 Å². The molecule has 3 aliphatic heterocycles. The van der Waals surface area contributed by atoms with Gasteiger partial charge in [0, 0.05) is 24.5 Å². The van der Waals surface area contributed by atoms with Crippen LogP contribution in [0.5, 0.6) is 5.75 Å². The molecule has 1 aliphatic carbocycles. The van der Waals surface area contributed by atoms with Crippen LogP contribution in [0.15, 0.2) is 24.3 Å². The van der Waals surface area contributed by atoms with Gasteiger partial charge in [-0.3, -0.25) is 4.79 Å². The smallest absolute Gasteiger partial charge is 0.272 e. The minimum Gasteiger partial charge on any atom is -0.487 e. The summed E-state index contributed by atoms with van der Waals surface area (Å²) in [4.78, 5) is 17.1. The zero-order valence-corrected chi connectivity index (χ0v) is 18.0. The van der Waals surface area contributed by atoms with Crippen LogP contribution in [0.4, 0.5) is 8.78 Å². The number of benzene rings is 1. The number of nitrogens with zero attached hydrogens (tertiary/aromatic N) is 2. The highest BCUT2D eigenvalue weighted by Gasteiger charge is 2.52. The molecule has 4 fully saturated rings. The van der Waals surface area contributed by atoms with Gasteiger partial charge in [0.2, 0.25) is 5.91 Å². The van der Waals surface area contributed by atoms with E-state index in [0.717, 1.165) is 44.6 Å². The molecule has 1 spiro atoms. The highest BCUT2D eigenvalue weighted by atomic mass is 19.3. The molecule has 1 aromatic carbocycles. The number of likely N-dealkylation sites (tertiary alicyclic amines) is 2. The minimum atomic E-state index is -2.45. The molecule has 5 nitrogen and oxygen atoms in total. The molecular weight excluding hydrogens is 402 g/mol. The number of alkyl halides is 2. The number of hydrogen-bond acceptors (Lipinski definition) is 4. The van der Waals surface area contributed by atoms with Crippen LogP contribution in [0.2, 0.25) is 0 Å². The van der Waals surface area contributed by atoms with Gasteiger partial charge in [-0.15, -0.1) is 0 Å². The summed E-state index contributed by atoms with van der Waals surface area (Å²) in [5, 5.41) is 0. The molecule has 1 saturated carbocycles. The molecule has 0 N–H and O–H groups in total. The number of hydrogen-bond donors (Lipinski definition) is 0. The zero-order chi connectivity index (χ0) is 21.4. The van der Waals surface area contributed by atoms with E-state index >= 15 is 0 Å². The summed E-state index contributed by atoms with van der Waals surface area (Å²) in [6.07, 6.45) is 3.23. The number of rotatable bonds is 6. The maximum absolute atomic E-state index is 12.6. The van der Waals surface area contributed by atoms with Crippen molar-refractivity contribution >= 4 is 5.91 Å². The van der Waals surface area contributed by atoms with Crippen LogP contribution in [0.1, 0.15) is 43.6 Å². The van der Waals surface area contributed by atoms with Gasteiger partial charge in [-0.25, -0.2) is 8.78 Å². The Bertz CT molecular complexity index is 787. The fraction of sp³-hybridized carbons (Fsp3) is 0.708. The Morgan fingerprint density at radius 1 is 1.16 bits per heavy atom. The molecule has 1 aromatic rings. The van der Waals surface area contributed by atoms with E-state index in [2.05, 4.69) is 4.90 Å². The summed E-state index contributed by atoms with van der Waals surface area (Å²) in [6, 6.07) is 8.26. The van der Waals surface area contributed by atoms with Crippen molar-refractivity contribution in [3.63, 3.8) is 0 Å². The lowest BCUT2D eigenvalue weighted by atomic mass is 9.77. The molecule has 5 rings (SSSR count). The topological polar surface area (TPSA) is 42.0 Å². The number of amides is 1. The highest BCUT2D eigenvalue weighted by molar-refractivity contribution is 5.80. The van der Waals surface area contributed by atoms with E-state index in [4.69, 9.17) is 9.47 Å². The van der Waals surface area contributed by atoms with Crippen molar-refractivity contribution in [2.24, 2.45) is 11.3 Å². The van der Waals surface area contributed by atoms with Crippen LogP contribution in [0.25, 0.3) is 0 Å².